The van der Waals surface area contributed by atoms with Crippen molar-refractivity contribution >= 4 is 37.0 Å². The van der Waals surface area contributed by atoms with Crippen LogP contribution in [0.5, 0.6) is 5.75 Å². The molecule has 1 fully saturated rings. The van der Waals surface area contributed by atoms with Gasteiger partial charge in [-0.1, -0.05) is 59.2 Å². The standard InChI is InChI=1S/C33H46N5O10P/c1-8-9-17-43-32(41)22(6)37-49(42,48-23-13-11-10-12-14-23)44-18-33(7)28(46-31(40)21(4)5)27(45-30(39)20(2)3)26(47-33)24-15-16-25-29(34)35-19-36-38(24)25/h10-16,19-22,26-28H,8-9,17-18H2,1-7H3,(H,37,42)(H2,34,35,36)/t22-,26-,27-,28-,33+,49?/m0/s1. The van der Waals surface area contributed by atoms with Gasteiger partial charge in [0.15, 0.2) is 18.0 Å². The second kappa shape index (κ2) is 16.1. The van der Waals surface area contributed by atoms with E-state index < -0.39 is 74.1 Å². The summed E-state index contributed by atoms with van der Waals surface area (Å²) in [4.78, 5) is 43.0. The van der Waals surface area contributed by atoms with Gasteiger partial charge in [0.2, 0.25) is 0 Å². The van der Waals surface area contributed by atoms with Crippen LogP contribution in [0.4, 0.5) is 5.82 Å². The van der Waals surface area contributed by atoms with Gasteiger partial charge in [0.05, 0.1) is 30.7 Å². The van der Waals surface area contributed by atoms with Crippen LogP contribution in [0.1, 0.15) is 73.1 Å². The van der Waals surface area contributed by atoms with E-state index in [0.717, 1.165) is 6.42 Å². The number of aromatic nitrogens is 3. The molecule has 0 saturated carbocycles. The van der Waals surface area contributed by atoms with E-state index in [1.807, 2.05) is 6.92 Å². The molecule has 15 nitrogen and oxygen atoms in total. The fraction of sp³-hybridized carbons (Fsp3) is 0.545. The van der Waals surface area contributed by atoms with Crippen LogP contribution in [0.25, 0.3) is 5.52 Å². The van der Waals surface area contributed by atoms with Crippen molar-refractivity contribution < 1.29 is 46.9 Å². The number of benzene rings is 1. The molecule has 1 saturated heterocycles. The van der Waals surface area contributed by atoms with Gasteiger partial charge >= 0.3 is 25.7 Å². The maximum atomic E-state index is 14.4. The number of nitrogen functional groups attached to an aromatic ring is 1. The zero-order valence-corrected chi connectivity index (χ0v) is 29.8. The highest BCUT2D eigenvalue weighted by Crippen LogP contribution is 2.50. The third-order valence-corrected chi connectivity index (χ3v) is 9.40. The first kappa shape index (κ1) is 37.8. The molecule has 16 heteroatoms. The molecular formula is C33H46N5O10P. The Kier molecular flexibility index (Phi) is 12.4. The Bertz CT molecular complexity index is 1650. The zero-order valence-electron chi connectivity index (χ0n) is 28.9. The smallest absolute Gasteiger partial charge is 0.459 e. The van der Waals surface area contributed by atoms with Crippen molar-refractivity contribution in [2.75, 3.05) is 18.9 Å². The number of ether oxygens (including phenoxy) is 4. The molecule has 1 aliphatic heterocycles. The van der Waals surface area contributed by atoms with Crippen LogP contribution in [0.2, 0.25) is 0 Å². The Morgan fingerprint density at radius 3 is 2.35 bits per heavy atom. The lowest BCUT2D eigenvalue weighted by atomic mass is 9.95. The van der Waals surface area contributed by atoms with Crippen molar-refractivity contribution in [1.82, 2.24) is 19.7 Å². The quantitative estimate of drug-likeness (QED) is 0.0894. The first-order valence-electron chi connectivity index (χ1n) is 16.3. The second-order valence-electron chi connectivity index (χ2n) is 12.7. The topological polar surface area (TPSA) is 192 Å². The Hall–Kier alpha value is -4.04. The van der Waals surface area contributed by atoms with Crippen LogP contribution >= 0.6 is 7.75 Å². The van der Waals surface area contributed by atoms with Crippen molar-refractivity contribution in [2.24, 2.45) is 11.8 Å². The first-order valence-corrected chi connectivity index (χ1v) is 17.8. The average molecular weight is 704 g/mol. The summed E-state index contributed by atoms with van der Waals surface area (Å²) in [5.41, 5.74) is 5.38. The fourth-order valence-electron chi connectivity index (χ4n) is 4.97. The molecule has 49 heavy (non-hydrogen) atoms. The minimum atomic E-state index is -4.37. The summed E-state index contributed by atoms with van der Waals surface area (Å²) in [5, 5.41) is 6.98. The fourth-order valence-corrected chi connectivity index (χ4v) is 6.55. The van der Waals surface area contributed by atoms with Crippen LogP contribution in [0.3, 0.4) is 0 Å². The molecule has 0 aliphatic carbocycles. The summed E-state index contributed by atoms with van der Waals surface area (Å²) in [6, 6.07) is 10.5. The van der Waals surface area contributed by atoms with Crippen LogP contribution in [-0.2, 0) is 42.4 Å². The van der Waals surface area contributed by atoms with E-state index in [1.54, 1.807) is 77.1 Å². The lowest BCUT2D eigenvalue weighted by Gasteiger charge is -2.33. The lowest BCUT2D eigenvalue weighted by Crippen LogP contribution is -2.49. The predicted molar refractivity (Wildman–Crippen MR) is 178 cm³/mol. The Morgan fingerprint density at radius 2 is 1.69 bits per heavy atom. The summed E-state index contributed by atoms with van der Waals surface area (Å²) in [6.07, 6.45) is -0.766. The van der Waals surface area contributed by atoms with Crippen LogP contribution < -0.4 is 15.3 Å². The van der Waals surface area contributed by atoms with E-state index in [1.165, 1.54) is 17.8 Å². The van der Waals surface area contributed by atoms with E-state index in [9.17, 15) is 18.9 Å². The Balaban J connectivity index is 1.73. The van der Waals surface area contributed by atoms with E-state index in [4.69, 9.17) is 33.7 Å². The molecule has 4 rings (SSSR count). The van der Waals surface area contributed by atoms with Crippen molar-refractivity contribution in [3.05, 3.63) is 54.5 Å². The first-order chi connectivity index (χ1) is 23.2. The van der Waals surface area contributed by atoms with Gasteiger partial charge in [-0.15, -0.1) is 0 Å². The van der Waals surface area contributed by atoms with Gasteiger partial charge in [-0.05, 0) is 44.5 Å². The number of nitrogens with two attached hydrogens (primary N) is 1. The predicted octanol–water partition coefficient (Wildman–Crippen LogP) is 4.80. The number of nitrogens with zero attached hydrogens (tertiary/aromatic N) is 3. The van der Waals surface area contributed by atoms with Crippen LogP contribution in [0.15, 0.2) is 48.8 Å². The van der Waals surface area contributed by atoms with Gasteiger partial charge in [-0.25, -0.2) is 14.1 Å². The number of hydrogen-bond acceptors (Lipinski definition) is 13. The number of esters is 3. The molecule has 1 aliphatic rings. The third-order valence-electron chi connectivity index (χ3n) is 7.77. The largest absolute Gasteiger partial charge is 0.465 e. The molecule has 1 unspecified atom stereocenters. The summed E-state index contributed by atoms with van der Waals surface area (Å²) < 4.78 is 51.6. The number of anilines is 1. The SMILES string of the molecule is CCCCOC(=O)[C@H](C)NP(=O)(OC[C@@]1(C)O[C@@H](c2ccc3c(N)ncnn23)[C@H](OC(=O)C(C)C)[C@@H]1OC(=O)C(C)C)Oc1ccccc1. The molecule has 0 spiro atoms. The molecule has 0 radical (unpaired) electrons. The Morgan fingerprint density at radius 1 is 1.02 bits per heavy atom. The minimum absolute atomic E-state index is 0.198. The van der Waals surface area contributed by atoms with Crippen molar-refractivity contribution in [3.8, 4) is 5.75 Å². The maximum Gasteiger partial charge on any atom is 0.459 e. The summed E-state index contributed by atoms with van der Waals surface area (Å²) in [6.45, 7) is 11.4. The highest BCUT2D eigenvalue weighted by Gasteiger charge is 2.59. The molecule has 0 bridgehead atoms. The van der Waals surface area contributed by atoms with Crippen molar-refractivity contribution in [1.29, 1.82) is 0 Å². The van der Waals surface area contributed by atoms with Gasteiger partial charge < -0.3 is 29.2 Å². The molecule has 6 atom stereocenters. The van der Waals surface area contributed by atoms with E-state index in [0.29, 0.717) is 17.6 Å². The summed E-state index contributed by atoms with van der Waals surface area (Å²) >= 11 is 0. The number of rotatable bonds is 16. The van der Waals surface area contributed by atoms with Crippen molar-refractivity contribution in [3.63, 3.8) is 0 Å². The number of nitrogens with one attached hydrogen (secondary N) is 1. The molecular weight excluding hydrogens is 657 g/mol. The number of carbonyl (C=O) groups excluding carboxylic acids is 3. The molecule has 0 amide bonds. The number of para-hydroxylation sites is 1. The van der Waals surface area contributed by atoms with Gasteiger partial charge in [-0.3, -0.25) is 18.9 Å². The Labute approximate surface area is 285 Å². The molecule has 1 aromatic carbocycles. The van der Waals surface area contributed by atoms with Crippen molar-refractivity contribution in [2.45, 2.75) is 91.3 Å². The zero-order chi connectivity index (χ0) is 35.9. The molecule has 3 heterocycles. The molecule has 2 aromatic heterocycles. The normalized spacial score (nSPS) is 22.5. The monoisotopic (exact) mass is 703 g/mol. The second-order valence-corrected chi connectivity index (χ2v) is 14.4. The molecule has 3 aromatic rings. The van der Waals surface area contributed by atoms with Crippen LogP contribution in [0, 0.1) is 11.8 Å². The van der Waals surface area contributed by atoms with Gasteiger partial charge in [-0.2, -0.15) is 10.2 Å². The highest BCUT2D eigenvalue weighted by molar-refractivity contribution is 7.52. The number of hydrogen-bond donors (Lipinski definition) is 2. The van der Waals surface area contributed by atoms with E-state index in [2.05, 4.69) is 15.2 Å². The summed E-state index contributed by atoms with van der Waals surface area (Å²) in [5.74, 6) is -2.50. The van der Waals surface area contributed by atoms with Gasteiger partial charge in [0.25, 0.3) is 0 Å². The lowest BCUT2D eigenvalue weighted by molar-refractivity contribution is -0.175. The van der Waals surface area contributed by atoms with Gasteiger partial charge in [0.1, 0.15) is 35.3 Å². The molecule has 3 N–H and O–H groups in total. The maximum absolute atomic E-state index is 14.4. The van der Waals surface area contributed by atoms with E-state index >= 15 is 0 Å². The number of unbranched alkanes of at least 4 members (excludes halogenated alkanes) is 1. The summed E-state index contributed by atoms with van der Waals surface area (Å²) in [7, 11) is -4.37. The van der Waals surface area contributed by atoms with Crippen LogP contribution in [-0.4, -0.2) is 69.6 Å². The average Bonchev–Trinajstić information content (AvgIpc) is 3.60. The third kappa shape index (κ3) is 9.15. The van der Waals surface area contributed by atoms with Gasteiger partial charge in [0, 0.05) is 0 Å². The minimum Gasteiger partial charge on any atom is -0.465 e. The highest BCUT2D eigenvalue weighted by atomic mass is 31.2. The molecule has 268 valence electrons. The number of fused-ring (bicyclic) bond motifs is 1. The number of carbonyl (C=O) groups is 3. The van der Waals surface area contributed by atoms with E-state index in [-0.39, 0.29) is 18.2 Å².